The van der Waals surface area contributed by atoms with Gasteiger partial charge in [-0.25, -0.2) is 0 Å². The van der Waals surface area contributed by atoms with Crippen molar-refractivity contribution in [2.45, 2.75) is 26.2 Å². The fraction of sp³-hybridized carbons (Fsp3) is 0.533. The molecule has 5 heteroatoms. The zero-order valence-corrected chi connectivity index (χ0v) is 12.7. The molecule has 110 valence electrons. The molecule has 1 aliphatic heterocycles. The van der Waals surface area contributed by atoms with E-state index in [9.17, 15) is 4.79 Å². The van der Waals surface area contributed by atoms with Gasteiger partial charge in [-0.1, -0.05) is 18.5 Å². The van der Waals surface area contributed by atoms with Gasteiger partial charge in [-0.3, -0.25) is 4.79 Å². The number of carbonyl (C=O) groups is 1. The van der Waals surface area contributed by atoms with Crippen LogP contribution >= 0.6 is 11.6 Å². The number of hydrogen-bond donors (Lipinski definition) is 2. The van der Waals surface area contributed by atoms with E-state index in [0.717, 1.165) is 38.0 Å². The van der Waals surface area contributed by atoms with Gasteiger partial charge in [-0.05, 0) is 37.9 Å². The van der Waals surface area contributed by atoms with Crippen LogP contribution in [0.25, 0.3) is 0 Å². The van der Waals surface area contributed by atoms with E-state index < -0.39 is 0 Å². The van der Waals surface area contributed by atoms with E-state index in [-0.39, 0.29) is 11.3 Å². The van der Waals surface area contributed by atoms with E-state index in [4.69, 9.17) is 16.3 Å². The molecule has 0 aliphatic carbocycles. The smallest absolute Gasteiger partial charge is 0.231 e. The van der Waals surface area contributed by atoms with Crippen LogP contribution < -0.4 is 15.4 Å². The second-order valence-corrected chi connectivity index (χ2v) is 5.62. The van der Waals surface area contributed by atoms with Crippen molar-refractivity contribution in [1.82, 2.24) is 5.32 Å². The van der Waals surface area contributed by atoms with Gasteiger partial charge in [-0.15, -0.1) is 0 Å². The van der Waals surface area contributed by atoms with Gasteiger partial charge in [0.1, 0.15) is 5.75 Å². The van der Waals surface area contributed by atoms with Crippen LogP contribution in [0, 0.1) is 5.41 Å². The summed E-state index contributed by atoms with van der Waals surface area (Å²) < 4.78 is 5.17. The Labute approximate surface area is 124 Å². The summed E-state index contributed by atoms with van der Waals surface area (Å²) in [5.74, 6) is 0.633. The summed E-state index contributed by atoms with van der Waals surface area (Å²) in [4.78, 5) is 12.6. The van der Waals surface area contributed by atoms with Gasteiger partial charge in [0, 0.05) is 18.3 Å². The van der Waals surface area contributed by atoms with E-state index in [1.165, 1.54) is 0 Å². The molecule has 0 saturated carbocycles. The summed E-state index contributed by atoms with van der Waals surface area (Å²) in [6.45, 7) is 3.79. The van der Waals surface area contributed by atoms with Crippen molar-refractivity contribution < 1.29 is 9.53 Å². The predicted molar refractivity (Wildman–Crippen MR) is 81.5 cm³/mol. The first-order valence-electron chi connectivity index (χ1n) is 6.97. The fourth-order valence-corrected chi connectivity index (χ4v) is 2.82. The maximum atomic E-state index is 12.6. The highest BCUT2D eigenvalue weighted by Crippen LogP contribution is 2.33. The topological polar surface area (TPSA) is 50.4 Å². The molecule has 2 rings (SSSR count). The molecule has 1 atom stereocenters. The van der Waals surface area contributed by atoms with Crippen molar-refractivity contribution in [3.05, 3.63) is 23.2 Å². The van der Waals surface area contributed by atoms with Crippen LogP contribution in [0.15, 0.2) is 18.2 Å². The van der Waals surface area contributed by atoms with Crippen LogP contribution in [-0.2, 0) is 4.79 Å². The third-order valence-corrected chi connectivity index (χ3v) is 4.35. The van der Waals surface area contributed by atoms with Gasteiger partial charge >= 0.3 is 0 Å². The Kier molecular flexibility index (Phi) is 4.89. The average Bonchev–Trinajstić information content (AvgIpc) is 2.49. The van der Waals surface area contributed by atoms with Crippen LogP contribution in [0.5, 0.6) is 5.75 Å². The van der Waals surface area contributed by atoms with Gasteiger partial charge in [0.2, 0.25) is 5.91 Å². The molecule has 4 nitrogen and oxygen atoms in total. The van der Waals surface area contributed by atoms with Crippen molar-refractivity contribution >= 4 is 23.2 Å². The third kappa shape index (κ3) is 3.07. The lowest BCUT2D eigenvalue weighted by Gasteiger charge is -2.35. The number of hydrogen-bond acceptors (Lipinski definition) is 3. The maximum Gasteiger partial charge on any atom is 0.231 e. The molecule has 1 aliphatic rings. The number of halogens is 1. The van der Waals surface area contributed by atoms with Crippen molar-refractivity contribution in [2.75, 3.05) is 25.5 Å². The first-order chi connectivity index (χ1) is 9.61. The van der Waals surface area contributed by atoms with Crippen molar-refractivity contribution in [3.8, 4) is 5.75 Å². The van der Waals surface area contributed by atoms with E-state index in [0.29, 0.717) is 10.8 Å². The van der Waals surface area contributed by atoms with Crippen LogP contribution in [-0.4, -0.2) is 26.1 Å². The highest BCUT2D eigenvalue weighted by Gasteiger charge is 2.37. The van der Waals surface area contributed by atoms with Crippen molar-refractivity contribution in [3.63, 3.8) is 0 Å². The molecule has 0 bridgehead atoms. The van der Waals surface area contributed by atoms with Crippen LogP contribution in [0.4, 0.5) is 5.69 Å². The normalized spacial score (nSPS) is 22.4. The molecule has 0 radical (unpaired) electrons. The second-order valence-electron chi connectivity index (χ2n) is 5.22. The number of nitrogens with one attached hydrogen (secondary N) is 2. The number of methoxy groups -OCH3 is 1. The average molecular weight is 297 g/mol. The molecule has 1 aromatic carbocycles. The standard InChI is InChI=1S/C15H21ClN2O2/c1-3-15(7-4-8-17-10-15)14(19)18-11-5-6-12(16)13(9-11)20-2/h5-6,9,17H,3-4,7-8,10H2,1-2H3,(H,18,19). The van der Waals surface area contributed by atoms with Gasteiger partial charge < -0.3 is 15.4 Å². The molecular formula is C15H21ClN2O2. The molecule has 1 heterocycles. The summed E-state index contributed by atoms with van der Waals surface area (Å²) >= 11 is 5.99. The number of piperidine rings is 1. The minimum absolute atomic E-state index is 0.0663. The summed E-state index contributed by atoms with van der Waals surface area (Å²) in [7, 11) is 1.56. The fourth-order valence-electron chi connectivity index (χ4n) is 2.63. The second kappa shape index (κ2) is 6.46. The lowest BCUT2D eigenvalue weighted by Crippen LogP contribution is -2.47. The number of rotatable bonds is 4. The van der Waals surface area contributed by atoms with E-state index in [1.54, 1.807) is 25.3 Å². The quantitative estimate of drug-likeness (QED) is 0.898. The monoisotopic (exact) mass is 296 g/mol. The van der Waals surface area contributed by atoms with Gasteiger partial charge in [0.05, 0.1) is 17.5 Å². The van der Waals surface area contributed by atoms with Crippen LogP contribution in [0.1, 0.15) is 26.2 Å². The summed E-state index contributed by atoms with van der Waals surface area (Å²) in [6, 6.07) is 5.27. The van der Waals surface area contributed by atoms with E-state index >= 15 is 0 Å². The van der Waals surface area contributed by atoms with Crippen LogP contribution in [0.3, 0.4) is 0 Å². The Hall–Kier alpha value is -1.26. The largest absolute Gasteiger partial charge is 0.495 e. The molecule has 1 amide bonds. The first kappa shape index (κ1) is 15.1. The lowest BCUT2D eigenvalue weighted by molar-refractivity contribution is -0.126. The molecule has 0 aromatic heterocycles. The molecule has 20 heavy (non-hydrogen) atoms. The van der Waals surface area contributed by atoms with E-state index in [2.05, 4.69) is 17.6 Å². The van der Waals surface area contributed by atoms with Gasteiger partial charge in [0.15, 0.2) is 0 Å². The first-order valence-corrected chi connectivity index (χ1v) is 7.35. The number of benzene rings is 1. The molecule has 0 spiro atoms. The number of anilines is 1. The minimum Gasteiger partial charge on any atom is -0.495 e. The van der Waals surface area contributed by atoms with Crippen molar-refractivity contribution in [1.29, 1.82) is 0 Å². The number of amides is 1. The Morgan fingerprint density at radius 1 is 1.55 bits per heavy atom. The zero-order chi connectivity index (χ0) is 14.6. The SMILES string of the molecule is CCC1(C(=O)Nc2ccc(Cl)c(OC)c2)CCCNC1. The Morgan fingerprint density at radius 3 is 2.95 bits per heavy atom. The Morgan fingerprint density at radius 2 is 2.35 bits per heavy atom. The molecule has 1 unspecified atom stereocenters. The summed E-state index contributed by atoms with van der Waals surface area (Å²) in [6.07, 6.45) is 2.79. The maximum absolute atomic E-state index is 12.6. The molecule has 1 fully saturated rings. The molecular weight excluding hydrogens is 276 g/mol. The highest BCUT2D eigenvalue weighted by molar-refractivity contribution is 6.32. The summed E-state index contributed by atoms with van der Waals surface area (Å²) in [5, 5.41) is 6.84. The summed E-state index contributed by atoms with van der Waals surface area (Å²) in [5.41, 5.74) is 0.403. The lowest BCUT2D eigenvalue weighted by atomic mass is 9.77. The number of ether oxygens (including phenoxy) is 1. The van der Waals surface area contributed by atoms with Crippen LogP contribution in [0.2, 0.25) is 5.02 Å². The third-order valence-electron chi connectivity index (χ3n) is 4.04. The Bertz CT molecular complexity index is 485. The van der Waals surface area contributed by atoms with Gasteiger partial charge in [-0.2, -0.15) is 0 Å². The van der Waals surface area contributed by atoms with E-state index in [1.807, 2.05) is 0 Å². The number of carbonyl (C=O) groups excluding carboxylic acids is 1. The van der Waals surface area contributed by atoms with Gasteiger partial charge in [0.25, 0.3) is 0 Å². The Balaban J connectivity index is 2.14. The zero-order valence-electron chi connectivity index (χ0n) is 12.0. The predicted octanol–water partition coefficient (Wildman–Crippen LogP) is 3.07. The van der Waals surface area contributed by atoms with Crippen molar-refractivity contribution in [2.24, 2.45) is 5.41 Å². The minimum atomic E-state index is -0.314. The molecule has 2 N–H and O–H groups in total. The molecule has 1 aromatic rings. The molecule has 1 saturated heterocycles. The highest BCUT2D eigenvalue weighted by atomic mass is 35.5.